The van der Waals surface area contributed by atoms with Crippen LogP contribution >= 0.6 is 0 Å². The molecule has 0 fully saturated rings. The van der Waals surface area contributed by atoms with Crippen LogP contribution in [0.1, 0.15) is 5.56 Å². The molecule has 2 aromatic carbocycles. The first-order chi connectivity index (χ1) is 8.86. The predicted molar refractivity (Wildman–Crippen MR) is 65.8 cm³/mol. The summed E-state index contributed by atoms with van der Waals surface area (Å²) in [5.41, 5.74) is 4.84. The second-order valence-corrected chi connectivity index (χ2v) is 3.67. The fourth-order valence-electron chi connectivity index (χ4n) is 1.18. The summed E-state index contributed by atoms with van der Waals surface area (Å²) >= 11 is -2.00. The van der Waals surface area contributed by atoms with Crippen LogP contribution in [0.5, 0.6) is 0 Å². The summed E-state index contributed by atoms with van der Waals surface area (Å²) in [5, 5.41) is 4.11. The topological polar surface area (TPSA) is 61.7 Å². The zero-order valence-electron chi connectivity index (χ0n) is 9.48. The normalized spacial score (nSPS) is 9.39. The van der Waals surface area contributed by atoms with Gasteiger partial charge in [0.05, 0.1) is 6.21 Å². The van der Waals surface area contributed by atoms with Crippen LogP contribution in [0, 0.1) is 6.07 Å². The predicted octanol–water partition coefficient (Wildman–Crippen LogP) is 2.25. The third-order valence-electron chi connectivity index (χ3n) is 1.91. The Balaban J connectivity index is 0.000000492. The Morgan fingerprint density at radius 3 is 2.44 bits per heavy atom. The van der Waals surface area contributed by atoms with Crippen LogP contribution in [0.15, 0.2) is 59.7 Å². The van der Waals surface area contributed by atoms with Crippen molar-refractivity contribution in [3.63, 3.8) is 0 Å². The average molecular weight is 412 g/mol. The van der Waals surface area contributed by atoms with E-state index < -0.39 is 18.9 Å². The Morgan fingerprint density at radius 1 is 1.17 bits per heavy atom. The number of hydrazone groups is 1. The third kappa shape index (κ3) is 6.18. The van der Waals surface area contributed by atoms with Gasteiger partial charge < -0.3 is 5.43 Å². The number of para-hydroxylation sites is 1. The molecule has 2 rings (SSSR count). The summed E-state index contributed by atoms with van der Waals surface area (Å²) in [6.07, 6.45) is 1.78. The number of anilines is 1. The van der Waals surface area contributed by atoms with Gasteiger partial charge in [-0.15, -0.1) is 6.07 Å². The van der Waals surface area contributed by atoms with Gasteiger partial charge in [-0.3, -0.25) is 0 Å². The molecule has 0 unspecified atom stereocenters. The van der Waals surface area contributed by atoms with E-state index in [-0.39, 0.29) is 0 Å². The molecule has 0 aliphatic rings. The molecular weight excluding hydrogens is 400 g/mol. The number of rotatable bonds is 3. The third-order valence-corrected chi connectivity index (χ3v) is 1.91. The van der Waals surface area contributed by atoms with Gasteiger partial charge in [0.1, 0.15) is 0 Å². The standard InChI is InChI=1S/C13H11N2.H2O.O.W/c1-3-7-12(8-4-1)11-14-15-13-9-5-2-6-10-13;;;/h1-9,11,15H;1H2;;/q-1;;;+1/p-1/b14-11+;;;. The van der Waals surface area contributed by atoms with Gasteiger partial charge in [-0.2, -0.15) is 29.4 Å². The molecule has 0 saturated carbocycles. The fraction of sp³-hybridized carbons (Fsp3) is 0. The Morgan fingerprint density at radius 2 is 1.83 bits per heavy atom. The Hall–Kier alpha value is -1.64. The molecule has 0 aromatic heterocycles. The Labute approximate surface area is 115 Å². The minimum absolute atomic E-state index is 0.865. The van der Waals surface area contributed by atoms with Crippen LogP contribution < -0.4 is 5.43 Å². The van der Waals surface area contributed by atoms with Crippen molar-refractivity contribution >= 4 is 11.9 Å². The monoisotopic (exact) mass is 412 g/mol. The quantitative estimate of drug-likeness (QED) is 0.462. The summed E-state index contributed by atoms with van der Waals surface area (Å²) in [6, 6.07) is 20.6. The first-order valence-electron chi connectivity index (χ1n) is 5.11. The molecule has 2 aromatic rings. The van der Waals surface area contributed by atoms with Gasteiger partial charge in [-0.05, 0) is 5.56 Å². The van der Waals surface area contributed by atoms with Gasteiger partial charge in [0.25, 0.3) is 0 Å². The van der Waals surface area contributed by atoms with E-state index in [9.17, 15) is 0 Å². The van der Waals surface area contributed by atoms with E-state index in [0.717, 1.165) is 11.3 Å². The average Bonchev–Trinajstić information content (AvgIpc) is 2.42. The molecule has 0 amide bonds. The zero-order valence-corrected chi connectivity index (χ0v) is 12.4. The van der Waals surface area contributed by atoms with E-state index in [1.54, 1.807) is 6.21 Å². The zero-order chi connectivity index (χ0) is 13.1. The first kappa shape index (κ1) is 14.4. The number of benzene rings is 2. The van der Waals surface area contributed by atoms with Gasteiger partial charge >= 0.3 is 26.1 Å². The summed E-state index contributed by atoms with van der Waals surface area (Å²) < 4.78 is 15.8. The Bertz CT molecular complexity index is 475. The molecule has 18 heavy (non-hydrogen) atoms. The van der Waals surface area contributed by atoms with E-state index >= 15 is 0 Å². The molecule has 0 aliphatic heterocycles. The molecule has 0 atom stereocenters. The SMILES string of the molecule is [O]=[W][OH].[c-]1ccccc1N/N=C/c1ccccc1. The molecule has 5 heteroatoms. The summed E-state index contributed by atoms with van der Waals surface area (Å²) in [6.45, 7) is 0. The van der Waals surface area contributed by atoms with Gasteiger partial charge in [0.2, 0.25) is 0 Å². The molecular formula is C13H12N2O2W-. The van der Waals surface area contributed by atoms with E-state index in [0.29, 0.717) is 0 Å². The van der Waals surface area contributed by atoms with Crippen LogP contribution in [0.3, 0.4) is 0 Å². The van der Waals surface area contributed by atoms with Crippen molar-refractivity contribution in [1.29, 1.82) is 0 Å². The maximum absolute atomic E-state index is 8.65. The molecule has 0 radical (unpaired) electrons. The van der Waals surface area contributed by atoms with Crippen molar-refractivity contribution < 1.29 is 26.1 Å². The maximum atomic E-state index is 8.65. The van der Waals surface area contributed by atoms with E-state index in [1.165, 1.54) is 0 Å². The van der Waals surface area contributed by atoms with Crippen molar-refractivity contribution in [2.75, 3.05) is 5.43 Å². The van der Waals surface area contributed by atoms with Gasteiger partial charge in [-0.25, -0.2) is 0 Å². The minimum Gasteiger partial charge on any atom is -0.303 e. The van der Waals surface area contributed by atoms with Crippen molar-refractivity contribution in [2.45, 2.75) is 0 Å². The van der Waals surface area contributed by atoms with Crippen LogP contribution in [-0.2, 0) is 22.3 Å². The summed E-state index contributed by atoms with van der Waals surface area (Å²) in [7, 11) is 0. The first-order valence-corrected chi connectivity index (χ1v) is 7.62. The van der Waals surface area contributed by atoms with Crippen molar-refractivity contribution in [3.05, 3.63) is 66.2 Å². The minimum atomic E-state index is -2.00. The van der Waals surface area contributed by atoms with E-state index in [4.69, 9.17) is 7.16 Å². The molecule has 4 nitrogen and oxygen atoms in total. The number of nitrogens with one attached hydrogen (secondary N) is 1. The van der Waals surface area contributed by atoms with Gasteiger partial charge in [0.15, 0.2) is 0 Å². The molecule has 2 N–H and O–H groups in total. The van der Waals surface area contributed by atoms with Crippen LogP contribution in [-0.4, -0.2) is 9.97 Å². The summed E-state index contributed by atoms with van der Waals surface area (Å²) in [5.74, 6) is 0. The van der Waals surface area contributed by atoms with Crippen molar-refractivity contribution in [1.82, 2.24) is 0 Å². The van der Waals surface area contributed by atoms with Gasteiger partial charge in [-0.1, -0.05) is 36.0 Å². The van der Waals surface area contributed by atoms with E-state index in [2.05, 4.69) is 16.6 Å². The number of nitrogens with zero attached hydrogens (tertiary/aromatic N) is 1. The van der Waals surface area contributed by atoms with Crippen LogP contribution in [0.2, 0.25) is 0 Å². The number of hydrogen-bond acceptors (Lipinski definition) is 3. The molecule has 93 valence electrons. The Kier molecular flexibility index (Phi) is 7.53. The number of hydrogen-bond donors (Lipinski definition) is 2. The summed E-state index contributed by atoms with van der Waals surface area (Å²) in [4.78, 5) is 0. The van der Waals surface area contributed by atoms with Gasteiger partial charge in [0, 0.05) is 0 Å². The molecule has 0 aliphatic carbocycles. The largest absolute Gasteiger partial charge is 0.303 e. The van der Waals surface area contributed by atoms with Crippen LogP contribution in [0.4, 0.5) is 5.69 Å². The second kappa shape index (κ2) is 9.39. The molecule has 0 bridgehead atoms. The molecule has 0 saturated heterocycles. The van der Waals surface area contributed by atoms with Crippen LogP contribution in [0.25, 0.3) is 0 Å². The fourth-order valence-corrected chi connectivity index (χ4v) is 1.18. The maximum Gasteiger partial charge on any atom is 0.0543 e. The van der Waals surface area contributed by atoms with Crippen molar-refractivity contribution in [3.8, 4) is 0 Å². The van der Waals surface area contributed by atoms with Crippen molar-refractivity contribution in [2.24, 2.45) is 5.10 Å². The smallest absolute Gasteiger partial charge is 0.0543 e. The second-order valence-electron chi connectivity index (χ2n) is 3.13. The molecule has 0 heterocycles. The molecule has 0 spiro atoms. The van der Waals surface area contributed by atoms with E-state index in [1.807, 2.05) is 54.6 Å².